The number of hydrogen-bond donors (Lipinski definition) is 3. The van der Waals surface area contributed by atoms with E-state index in [2.05, 4.69) is 20.6 Å². The molecule has 0 aromatic carbocycles. The standard InChI is InChI=1S/C28H42N4O3/c1-28(2,3)35-27(34)32-24(23(20-10-6-4-7-11-20)21-12-8-5-9-13-21)26(33)31-18-19-16-22-14-15-29-25(22)30-17-19/h14-17,20-21,23-24H,4-13,18H2,1-3H3,(H,29,30)(H,31,33)(H,32,34)/t24-/m1/s1. The Morgan fingerprint density at radius 3 is 2.29 bits per heavy atom. The molecule has 35 heavy (non-hydrogen) atoms. The first-order chi connectivity index (χ1) is 16.8. The van der Waals surface area contributed by atoms with Crippen LogP contribution < -0.4 is 10.6 Å². The zero-order valence-electron chi connectivity index (χ0n) is 21.6. The van der Waals surface area contributed by atoms with Crippen LogP contribution in [0.3, 0.4) is 0 Å². The van der Waals surface area contributed by atoms with Gasteiger partial charge in [0, 0.05) is 24.3 Å². The molecule has 192 valence electrons. The van der Waals surface area contributed by atoms with Crippen molar-refractivity contribution in [1.82, 2.24) is 20.6 Å². The molecule has 7 heteroatoms. The number of nitrogens with zero attached hydrogens (tertiary/aromatic N) is 1. The van der Waals surface area contributed by atoms with Crippen LogP contribution in [0.5, 0.6) is 0 Å². The number of fused-ring (bicyclic) bond motifs is 1. The lowest BCUT2D eigenvalue weighted by Gasteiger charge is -2.42. The highest BCUT2D eigenvalue weighted by Gasteiger charge is 2.41. The number of carbonyl (C=O) groups excluding carboxylic acids is 2. The molecular formula is C28H42N4O3. The number of alkyl carbamates (subject to hydrolysis) is 1. The number of ether oxygens (including phenoxy) is 1. The Bertz CT molecular complexity index is 965. The molecule has 0 aliphatic heterocycles. The zero-order valence-corrected chi connectivity index (χ0v) is 21.6. The molecule has 0 radical (unpaired) electrons. The van der Waals surface area contributed by atoms with Gasteiger partial charge in [-0.3, -0.25) is 4.79 Å². The summed E-state index contributed by atoms with van der Waals surface area (Å²) in [6, 6.07) is 3.41. The van der Waals surface area contributed by atoms with Crippen molar-refractivity contribution in [2.75, 3.05) is 0 Å². The quantitative estimate of drug-likeness (QED) is 0.461. The molecule has 1 atom stereocenters. The van der Waals surface area contributed by atoms with E-state index in [1.165, 1.54) is 38.5 Å². The van der Waals surface area contributed by atoms with E-state index in [4.69, 9.17) is 4.74 Å². The molecule has 2 aromatic heterocycles. The maximum absolute atomic E-state index is 13.8. The highest BCUT2D eigenvalue weighted by atomic mass is 16.6. The number of nitrogens with one attached hydrogen (secondary N) is 3. The maximum atomic E-state index is 13.8. The molecule has 2 aliphatic carbocycles. The van der Waals surface area contributed by atoms with Crippen LogP contribution in [-0.2, 0) is 16.1 Å². The van der Waals surface area contributed by atoms with Crippen LogP contribution >= 0.6 is 0 Å². The Labute approximate surface area is 209 Å². The molecule has 0 unspecified atom stereocenters. The van der Waals surface area contributed by atoms with Crippen molar-refractivity contribution in [3.63, 3.8) is 0 Å². The van der Waals surface area contributed by atoms with Gasteiger partial charge in [-0.15, -0.1) is 0 Å². The summed E-state index contributed by atoms with van der Waals surface area (Å²) in [6.07, 6.45) is 15.0. The van der Waals surface area contributed by atoms with Gasteiger partial charge in [-0.1, -0.05) is 64.2 Å². The van der Waals surface area contributed by atoms with E-state index in [0.29, 0.717) is 18.4 Å². The summed E-state index contributed by atoms with van der Waals surface area (Å²) < 4.78 is 5.60. The largest absolute Gasteiger partial charge is 0.444 e. The van der Waals surface area contributed by atoms with E-state index < -0.39 is 17.7 Å². The fourth-order valence-corrected chi connectivity index (χ4v) is 6.12. The Kier molecular flexibility index (Phi) is 8.34. The van der Waals surface area contributed by atoms with Crippen molar-refractivity contribution >= 4 is 23.0 Å². The second-order valence-electron chi connectivity index (χ2n) is 11.5. The van der Waals surface area contributed by atoms with Gasteiger partial charge in [0.25, 0.3) is 0 Å². The highest BCUT2D eigenvalue weighted by molar-refractivity contribution is 5.86. The molecule has 4 rings (SSSR count). The summed E-state index contributed by atoms with van der Waals surface area (Å²) >= 11 is 0. The average Bonchev–Trinajstić information content (AvgIpc) is 3.30. The van der Waals surface area contributed by atoms with Crippen LogP contribution in [0.2, 0.25) is 0 Å². The first-order valence-electron chi connectivity index (χ1n) is 13.5. The first kappa shape index (κ1) is 25.5. The fraction of sp³-hybridized carbons (Fsp3) is 0.679. The van der Waals surface area contributed by atoms with Crippen LogP contribution in [-0.4, -0.2) is 33.6 Å². The lowest BCUT2D eigenvalue weighted by molar-refractivity contribution is -0.126. The van der Waals surface area contributed by atoms with Crippen molar-refractivity contribution in [2.24, 2.45) is 17.8 Å². The number of H-pyrrole nitrogens is 1. The van der Waals surface area contributed by atoms with Gasteiger partial charge < -0.3 is 20.4 Å². The highest BCUT2D eigenvalue weighted by Crippen LogP contribution is 2.42. The van der Waals surface area contributed by atoms with E-state index in [1.807, 2.05) is 39.1 Å². The molecule has 0 spiro atoms. The summed E-state index contributed by atoms with van der Waals surface area (Å²) in [4.78, 5) is 34.2. The van der Waals surface area contributed by atoms with E-state index in [9.17, 15) is 9.59 Å². The summed E-state index contributed by atoms with van der Waals surface area (Å²) in [7, 11) is 0. The minimum Gasteiger partial charge on any atom is -0.444 e. The number of aromatic amines is 1. The summed E-state index contributed by atoms with van der Waals surface area (Å²) in [5.41, 5.74) is 1.15. The molecular weight excluding hydrogens is 440 g/mol. The Balaban J connectivity index is 1.55. The monoisotopic (exact) mass is 482 g/mol. The van der Waals surface area contributed by atoms with E-state index >= 15 is 0 Å². The third-order valence-electron chi connectivity index (χ3n) is 7.65. The van der Waals surface area contributed by atoms with Gasteiger partial charge in [-0.2, -0.15) is 0 Å². The number of hydrogen-bond acceptors (Lipinski definition) is 4. The molecule has 3 N–H and O–H groups in total. The Morgan fingerprint density at radius 2 is 1.69 bits per heavy atom. The topological polar surface area (TPSA) is 96.1 Å². The van der Waals surface area contributed by atoms with Crippen LogP contribution in [0.15, 0.2) is 24.5 Å². The van der Waals surface area contributed by atoms with Gasteiger partial charge in [0.1, 0.15) is 17.3 Å². The van der Waals surface area contributed by atoms with Crippen LogP contribution in [0, 0.1) is 17.8 Å². The van der Waals surface area contributed by atoms with E-state index in [0.717, 1.165) is 42.3 Å². The van der Waals surface area contributed by atoms with Gasteiger partial charge in [0.15, 0.2) is 0 Å². The summed E-state index contributed by atoms with van der Waals surface area (Å²) in [5.74, 6) is 0.922. The second kappa shape index (κ2) is 11.4. The minimum atomic E-state index is -0.617. The van der Waals surface area contributed by atoms with Crippen molar-refractivity contribution < 1.29 is 14.3 Å². The van der Waals surface area contributed by atoms with Crippen LogP contribution in [0.4, 0.5) is 4.79 Å². The smallest absolute Gasteiger partial charge is 0.408 e. The molecule has 2 fully saturated rings. The van der Waals surface area contributed by atoms with Crippen molar-refractivity contribution in [2.45, 2.75) is 103 Å². The zero-order chi connectivity index (χ0) is 24.8. The number of rotatable bonds is 7. The molecule has 2 heterocycles. The van der Waals surface area contributed by atoms with E-state index in [1.54, 1.807) is 6.20 Å². The molecule has 0 saturated heterocycles. The van der Waals surface area contributed by atoms with E-state index in [-0.39, 0.29) is 11.8 Å². The molecule has 2 saturated carbocycles. The number of amides is 2. The fourth-order valence-electron chi connectivity index (χ4n) is 6.12. The Hall–Kier alpha value is -2.57. The lowest BCUT2D eigenvalue weighted by atomic mass is 9.66. The predicted molar refractivity (Wildman–Crippen MR) is 138 cm³/mol. The average molecular weight is 483 g/mol. The maximum Gasteiger partial charge on any atom is 0.408 e. The normalized spacial score (nSPS) is 19.0. The van der Waals surface area contributed by atoms with Gasteiger partial charge in [-0.05, 0) is 56.2 Å². The van der Waals surface area contributed by atoms with Crippen LogP contribution in [0.1, 0.15) is 90.5 Å². The van der Waals surface area contributed by atoms with Gasteiger partial charge in [0.2, 0.25) is 5.91 Å². The summed E-state index contributed by atoms with van der Waals surface area (Å²) in [6.45, 7) is 5.93. The molecule has 2 amide bonds. The third kappa shape index (κ3) is 6.98. The number of aromatic nitrogens is 2. The van der Waals surface area contributed by atoms with Gasteiger partial charge >= 0.3 is 6.09 Å². The first-order valence-corrected chi connectivity index (χ1v) is 13.5. The number of carbonyl (C=O) groups is 2. The van der Waals surface area contributed by atoms with Gasteiger partial charge in [0.05, 0.1) is 0 Å². The lowest BCUT2D eigenvalue weighted by Crippen LogP contribution is -2.55. The molecule has 0 bridgehead atoms. The van der Waals surface area contributed by atoms with Crippen molar-refractivity contribution in [3.8, 4) is 0 Å². The Morgan fingerprint density at radius 1 is 1.06 bits per heavy atom. The predicted octanol–water partition coefficient (Wildman–Crippen LogP) is 5.85. The third-order valence-corrected chi connectivity index (χ3v) is 7.65. The van der Waals surface area contributed by atoms with Crippen molar-refractivity contribution in [3.05, 3.63) is 30.1 Å². The number of pyridine rings is 1. The SMILES string of the molecule is CC(C)(C)OC(=O)N[C@@H](C(=O)NCc1cnc2[nH]ccc2c1)C(C1CCCCC1)C1CCCCC1. The van der Waals surface area contributed by atoms with Crippen molar-refractivity contribution in [1.29, 1.82) is 0 Å². The summed E-state index contributed by atoms with van der Waals surface area (Å²) in [5, 5.41) is 7.18. The molecule has 2 aliphatic rings. The molecule has 7 nitrogen and oxygen atoms in total. The minimum absolute atomic E-state index is 0.119. The van der Waals surface area contributed by atoms with Crippen LogP contribution in [0.25, 0.3) is 11.0 Å². The second-order valence-corrected chi connectivity index (χ2v) is 11.5. The molecule has 2 aromatic rings. The van der Waals surface area contributed by atoms with Gasteiger partial charge in [-0.25, -0.2) is 9.78 Å².